The largest absolute Gasteiger partial charge is 0.311 e. The molecule has 0 amide bonds. The first-order chi connectivity index (χ1) is 12.3. The van der Waals surface area contributed by atoms with E-state index in [2.05, 4.69) is 84.5 Å². The standard InChI is InChI=1S/C19H17BrN4S/c20-16-8-6-15(7-9-16)18-22-23-19-24(18)13-17(25-19)12-21-11-10-14-4-2-1-3-5-14/h1-9,13,21H,10-12H2. The van der Waals surface area contributed by atoms with E-state index in [1.165, 1.54) is 10.4 Å². The Balaban J connectivity index is 1.42. The molecule has 2 aromatic carbocycles. The van der Waals surface area contributed by atoms with E-state index >= 15 is 0 Å². The summed E-state index contributed by atoms with van der Waals surface area (Å²) >= 11 is 5.15. The van der Waals surface area contributed by atoms with Crippen LogP contribution in [0.25, 0.3) is 16.3 Å². The highest BCUT2D eigenvalue weighted by molar-refractivity contribution is 9.10. The fourth-order valence-corrected chi connectivity index (χ4v) is 3.87. The monoisotopic (exact) mass is 412 g/mol. The summed E-state index contributed by atoms with van der Waals surface area (Å²) in [5.41, 5.74) is 2.43. The molecule has 0 atom stereocenters. The zero-order chi connectivity index (χ0) is 17.1. The second-order valence-corrected chi connectivity index (χ2v) is 7.80. The van der Waals surface area contributed by atoms with Crippen molar-refractivity contribution in [2.75, 3.05) is 6.54 Å². The number of nitrogens with one attached hydrogen (secondary N) is 1. The number of aromatic nitrogens is 3. The fraction of sp³-hybridized carbons (Fsp3) is 0.158. The van der Waals surface area contributed by atoms with E-state index in [0.29, 0.717) is 0 Å². The summed E-state index contributed by atoms with van der Waals surface area (Å²) in [6.45, 7) is 1.81. The maximum absolute atomic E-state index is 4.32. The van der Waals surface area contributed by atoms with Crippen LogP contribution in [0.1, 0.15) is 10.4 Å². The molecule has 0 radical (unpaired) electrons. The van der Waals surface area contributed by atoms with Crippen LogP contribution in [0.3, 0.4) is 0 Å². The zero-order valence-corrected chi connectivity index (χ0v) is 15.9. The van der Waals surface area contributed by atoms with Gasteiger partial charge in [-0.05, 0) is 30.7 Å². The molecule has 2 aromatic heterocycles. The molecule has 6 heteroatoms. The zero-order valence-electron chi connectivity index (χ0n) is 13.5. The Bertz CT molecular complexity index is 960. The van der Waals surface area contributed by atoms with Crippen molar-refractivity contribution in [2.45, 2.75) is 13.0 Å². The van der Waals surface area contributed by atoms with Crippen molar-refractivity contribution in [1.82, 2.24) is 19.9 Å². The highest BCUT2D eigenvalue weighted by atomic mass is 79.9. The Morgan fingerprint density at radius 2 is 1.80 bits per heavy atom. The third-order valence-electron chi connectivity index (χ3n) is 3.99. The second-order valence-electron chi connectivity index (χ2n) is 5.79. The Morgan fingerprint density at radius 1 is 1.00 bits per heavy atom. The molecule has 0 unspecified atom stereocenters. The van der Waals surface area contributed by atoms with Crippen molar-refractivity contribution >= 4 is 32.2 Å². The molecule has 4 rings (SSSR count). The van der Waals surface area contributed by atoms with E-state index in [-0.39, 0.29) is 0 Å². The van der Waals surface area contributed by atoms with Gasteiger partial charge in [-0.25, -0.2) is 0 Å². The van der Waals surface area contributed by atoms with Crippen molar-refractivity contribution in [3.63, 3.8) is 0 Å². The number of nitrogens with zero attached hydrogens (tertiary/aromatic N) is 3. The third-order valence-corrected chi connectivity index (χ3v) is 5.50. The third kappa shape index (κ3) is 3.81. The van der Waals surface area contributed by atoms with Gasteiger partial charge in [0.05, 0.1) is 0 Å². The van der Waals surface area contributed by atoms with E-state index in [1.54, 1.807) is 11.3 Å². The minimum Gasteiger partial charge on any atom is -0.311 e. The first-order valence-electron chi connectivity index (χ1n) is 8.13. The smallest absolute Gasteiger partial charge is 0.216 e. The van der Waals surface area contributed by atoms with E-state index in [9.17, 15) is 0 Å². The van der Waals surface area contributed by atoms with Gasteiger partial charge in [-0.2, -0.15) is 0 Å². The number of halogens is 1. The molecular formula is C19H17BrN4S. The van der Waals surface area contributed by atoms with Gasteiger partial charge in [0.15, 0.2) is 5.82 Å². The molecule has 4 aromatic rings. The lowest BCUT2D eigenvalue weighted by Crippen LogP contribution is -2.15. The first-order valence-corrected chi connectivity index (χ1v) is 9.74. The molecule has 1 N–H and O–H groups in total. The first kappa shape index (κ1) is 16.4. The van der Waals surface area contributed by atoms with Crippen molar-refractivity contribution in [1.29, 1.82) is 0 Å². The van der Waals surface area contributed by atoms with Gasteiger partial charge in [-0.1, -0.05) is 69.7 Å². The normalized spacial score (nSPS) is 11.2. The van der Waals surface area contributed by atoms with Crippen LogP contribution in [0.2, 0.25) is 0 Å². The predicted molar refractivity (Wildman–Crippen MR) is 106 cm³/mol. The van der Waals surface area contributed by atoms with Crippen LogP contribution < -0.4 is 5.32 Å². The van der Waals surface area contributed by atoms with Gasteiger partial charge in [0, 0.05) is 27.7 Å². The molecule has 0 fully saturated rings. The number of hydrogen-bond donors (Lipinski definition) is 1. The minimum absolute atomic E-state index is 0.848. The molecule has 0 bridgehead atoms. The molecule has 0 aliphatic heterocycles. The van der Waals surface area contributed by atoms with Crippen LogP contribution in [0.5, 0.6) is 0 Å². The quantitative estimate of drug-likeness (QED) is 0.472. The van der Waals surface area contributed by atoms with E-state index < -0.39 is 0 Å². The predicted octanol–water partition coefficient (Wildman–Crippen LogP) is 4.55. The molecule has 0 aliphatic carbocycles. The average molecular weight is 413 g/mol. The summed E-state index contributed by atoms with van der Waals surface area (Å²) in [4.78, 5) is 2.19. The van der Waals surface area contributed by atoms with Crippen molar-refractivity contribution in [3.05, 3.63) is 75.7 Å². The number of benzene rings is 2. The van der Waals surface area contributed by atoms with Crippen LogP contribution in [0.4, 0.5) is 0 Å². The Labute approximate surface area is 158 Å². The molecule has 0 saturated carbocycles. The molecular weight excluding hydrogens is 396 g/mol. The van der Waals surface area contributed by atoms with Gasteiger partial charge in [-0.15, -0.1) is 10.2 Å². The maximum atomic E-state index is 4.32. The van der Waals surface area contributed by atoms with Crippen molar-refractivity contribution < 1.29 is 0 Å². The van der Waals surface area contributed by atoms with Gasteiger partial charge < -0.3 is 5.32 Å². The van der Waals surface area contributed by atoms with Gasteiger partial charge >= 0.3 is 0 Å². The highest BCUT2D eigenvalue weighted by Crippen LogP contribution is 2.24. The Morgan fingerprint density at radius 3 is 2.60 bits per heavy atom. The Hall–Kier alpha value is -2.02. The van der Waals surface area contributed by atoms with Crippen molar-refractivity contribution in [2.24, 2.45) is 0 Å². The molecule has 4 nitrogen and oxygen atoms in total. The molecule has 126 valence electrons. The van der Waals surface area contributed by atoms with E-state index in [4.69, 9.17) is 0 Å². The lowest BCUT2D eigenvalue weighted by Gasteiger charge is -2.03. The maximum Gasteiger partial charge on any atom is 0.216 e. The van der Waals surface area contributed by atoms with Crippen molar-refractivity contribution in [3.8, 4) is 11.4 Å². The summed E-state index contributed by atoms with van der Waals surface area (Å²) in [5.74, 6) is 0.884. The van der Waals surface area contributed by atoms with Crippen LogP contribution in [0, 0.1) is 0 Å². The van der Waals surface area contributed by atoms with Gasteiger partial charge in [-0.3, -0.25) is 4.40 Å². The lowest BCUT2D eigenvalue weighted by molar-refractivity contribution is 0.692. The topological polar surface area (TPSA) is 42.2 Å². The molecule has 0 saturated heterocycles. The molecule has 0 spiro atoms. The molecule has 2 heterocycles. The van der Waals surface area contributed by atoms with Gasteiger partial charge in [0.25, 0.3) is 0 Å². The van der Waals surface area contributed by atoms with E-state index in [0.717, 1.165) is 40.3 Å². The SMILES string of the molecule is Brc1ccc(-c2nnc3sc(CNCCc4ccccc4)cn23)cc1. The number of rotatable bonds is 6. The van der Waals surface area contributed by atoms with E-state index in [1.807, 2.05) is 12.1 Å². The van der Waals surface area contributed by atoms with Gasteiger partial charge in [0.2, 0.25) is 4.96 Å². The summed E-state index contributed by atoms with van der Waals surface area (Å²) in [6, 6.07) is 18.7. The number of hydrogen-bond acceptors (Lipinski definition) is 4. The molecule has 0 aliphatic rings. The van der Waals surface area contributed by atoms with Crippen LogP contribution in [0.15, 0.2) is 65.3 Å². The average Bonchev–Trinajstić information content (AvgIpc) is 3.21. The summed E-state index contributed by atoms with van der Waals surface area (Å²) in [6.07, 6.45) is 3.17. The number of fused-ring (bicyclic) bond motifs is 1. The Kier molecular flexibility index (Phi) is 4.92. The van der Waals surface area contributed by atoms with Crippen LogP contribution >= 0.6 is 27.3 Å². The summed E-state index contributed by atoms with van der Waals surface area (Å²) in [5, 5.41) is 12.1. The van der Waals surface area contributed by atoms with Gasteiger partial charge in [0.1, 0.15) is 0 Å². The summed E-state index contributed by atoms with van der Waals surface area (Å²) in [7, 11) is 0. The fourth-order valence-electron chi connectivity index (χ4n) is 2.72. The number of thiazole rings is 1. The summed E-state index contributed by atoms with van der Waals surface area (Å²) < 4.78 is 3.13. The lowest BCUT2D eigenvalue weighted by atomic mass is 10.1. The minimum atomic E-state index is 0.848. The van der Waals surface area contributed by atoms with Crippen LogP contribution in [-0.4, -0.2) is 21.1 Å². The highest BCUT2D eigenvalue weighted by Gasteiger charge is 2.11. The van der Waals surface area contributed by atoms with Crippen LogP contribution in [-0.2, 0) is 13.0 Å². The molecule has 25 heavy (non-hydrogen) atoms. The second kappa shape index (κ2) is 7.47.